The summed E-state index contributed by atoms with van der Waals surface area (Å²) in [4.78, 5) is 10.3. The number of nitro groups is 1. The molecule has 0 aliphatic carbocycles. The molecule has 3 aromatic carbocycles. The van der Waals surface area contributed by atoms with Gasteiger partial charge in [-0.05, 0) is 34.9 Å². The van der Waals surface area contributed by atoms with E-state index in [1.807, 2.05) is 42.5 Å². The van der Waals surface area contributed by atoms with E-state index in [0.717, 1.165) is 16.7 Å². The molecule has 4 aromatic rings. The zero-order chi connectivity index (χ0) is 20.2. The van der Waals surface area contributed by atoms with Crippen LogP contribution in [0.15, 0.2) is 83.3 Å². The zero-order valence-electron chi connectivity index (χ0n) is 15.0. The van der Waals surface area contributed by atoms with Crippen LogP contribution >= 0.6 is 11.6 Å². The molecule has 0 fully saturated rings. The highest BCUT2D eigenvalue weighted by Crippen LogP contribution is 2.27. The molecule has 0 N–H and O–H groups in total. The van der Waals surface area contributed by atoms with Crippen molar-refractivity contribution in [3.63, 3.8) is 0 Å². The first-order valence-electron chi connectivity index (χ1n) is 8.71. The van der Waals surface area contributed by atoms with E-state index in [2.05, 4.69) is 22.3 Å². The summed E-state index contributed by atoms with van der Waals surface area (Å²) in [5.74, 6) is 0.410. The summed E-state index contributed by atoms with van der Waals surface area (Å²) in [5, 5.41) is 19.0. The van der Waals surface area contributed by atoms with Gasteiger partial charge in [0.1, 0.15) is 5.03 Å². The normalized spacial score (nSPS) is 11.4. The summed E-state index contributed by atoms with van der Waals surface area (Å²) >= 11 is 6.34. The average Bonchev–Trinajstić information content (AvgIpc) is 3.25. The monoisotopic (exact) mass is 403 g/mol. The number of nitro benzene ring substituents is 1. The number of aromatic nitrogens is 2. The van der Waals surface area contributed by atoms with Crippen molar-refractivity contribution in [1.82, 2.24) is 10.2 Å². The van der Waals surface area contributed by atoms with Crippen molar-refractivity contribution in [3.8, 4) is 22.6 Å². The maximum Gasteiger partial charge on any atom is 0.269 e. The lowest BCUT2D eigenvalue weighted by Crippen LogP contribution is -1.87. The van der Waals surface area contributed by atoms with Crippen LogP contribution in [0.2, 0.25) is 0 Å². The molecule has 6 nitrogen and oxygen atoms in total. The molecule has 1 aromatic heterocycles. The van der Waals surface area contributed by atoms with E-state index in [9.17, 15) is 10.1 Å². The van der Waals surface area contributed by atoms with Gasteiger partial charge in [-0.15, -0.1) is 10.2 Å². The average molecular weight is 404 g/mol. The van der Waals surface area contributed by atoms with Gasteiger partial charge in [0.2, 0.25) is 5.89 Å². The second-order valence-electron chi connectivity index (χ2n) is 6.20. The van der Waals surface area contributed by atoms with Crippen molar-refractivity contribution in [2.24, 2.45) is 0 Å². The predicted octanol–water partition coefficient (Wildman–Crippen LogP) is 6.05. The maximum atomic E-state index is 10.7. The van der Waals surface area contributed by atoms with Crippen LogP contribution in [0.4, 0.5) is 5.69 Å². The standard InChI is InChI=1S/C22H14ClN3O3/c23-20(14-15-6-8-17(9-7-15)16-4-2-1-3-5-16)22-25-24-21(29-22)18-10-12-19(13-11-18)26(27)28/h1-14H/b20-14-. The smallest absolute Gasteiger partial charge is 0.269 e. The van der Waals surface area contributed by atoms with Crippen LogP contribution in [0.3, 0.4) is 0 Å². The Labute approximate surface area is 171 Å². The van der Waals surface area contributed by atoms with E-state index in [4.69, 9.17) is 16.0 Å². The quantitative estimate of drug-likeness (QED) is 0.299. The topological polar surface area (TPSA) is 82.1 Å². The van der Waals surface area contributed by atoms with Gasteiger partial charge >= 0.3 is 0 Å². The molecule has 0 aliphatic heterocycles. The Kier molecular flexibility index (Phi) is 5.18. The molecule has 4 rings (SSSR count). The van der Waals surface area contributed by atoms with Gasteiger partial charge in [-0.25, -0.2) is 0 Å². The van der Waals surface area contributed by atoms with Crippen molar-refractivity contribution >= 4 is 28.4 Å². The largest absolute Gasteiger partial charge is 0.415 e. The fourth-order valence-corrected chi connectivity index (χ4v) is 2.97. The molecular weight excluding hydrogens is 390 g/mol. The van der Waals surface area contributed by atoms with Crippen LogP contribution in [0.5, 0.6) is 0 Å². The van der Waals surface area contributed by atoms with E-state index in [1.165, 1.54) is 12.1 Å². The minimum absolute atomic E-state index is 0.00892. The number of benzene rings is 3. The number of rotatable bonds is 5. The molecule has 0 unspecified atom stereocenters. The van der Waals surface area contributed by atoms with Crippen LogP contribution in [-0.2, 0) is 0 Å². The molecule has 29 heavy (non-hydrogen) atoms. The highest BCUT2D eigenvalue weighted by atomic mass is 35.5. The molecule has 0 amide bonds. The van der Waals surface area contributed by atoms with E-state index in [-0.39, 0.29) is 17.5 Å². The maximum absolute atomic E-state index is 10.7. The van der Waals surface area contributed by atoms with E-state index in [1.54, 1.807) is 18.2 Å². The number of nitrogens with zero attached hydrogens (tertiary/aromatic N) is 3. The Morgan fingerprint density at radius 2 is 1.48 bits per heavy atom. The molecule has 0 aliphatic rings. The van der Waals surface area contributed by atoms with Crippen LogP contribution in [-0.4, -0.2) is 15.1 Å². The Morgan fingerprint density at radius 3 is 2.14 bits per heavy atom. The molecular formula is C22H14ClN3O3. The molecule has 0 radical (unpaired) electrons. The van der Waals surface area contributed by atoms with E-state index >= 15 is 0 Å². The number of halogens is 1. The molecule has 7 heteroatoms. The fraction of sp³-hybridized carbons (Fsp3) is 0. The molecule has 0 atom stereocenters. The second kappa shape index (κ2) is 8.08. The van der Waals surface area contributed by atoms with Gasteiger partial charge in [0, 0.05) is 17.7 Å². The SMILES string of the molecule is O=[N+]([O-])c1ccc(-c2nnc(/C(Cl)=C/c3ccc(-c4ccccc4)cc3)o2)cc1. The second-order valence-corrected chi connectivity index (χ2v) is 6.60. The lowest BCUT2D eigenvalue weighted by molar-refractivity contribution is -0.384. The summed E-state index contributed by atoms with van der Waals surface area (Å²) < 4.78 is 5.60. The predicted molar refractivity (Wildman–Crippen MR) is 112 cm³/mol. The lowest BCUT2D eigenvalue weighted by Gasteiger charge is -2.02. The van der Waals surface area contributed by atoms with Gasteiger partial charge in [-0.1, -0.05) is 66.2 Å². The summed E-state index contributed by atoms with van der Waals surface area (Å²) in [5.41, 5.74) is 3.71. The van der Waals surface area contributed by atoms with Crippen molar-refractivity contribution in [1.29, 1.82) is 0 Å². The van der Waals surface area contributed by atoms with Gasteiger partial charge in [-0.2, -0.15) is 0 Å². The van der Waals surface area contributed by atoms with Gasteiger partial charge in [0.15, 0.2) is 0 Å². The van der Waals surface area contributed by atoms with Gasteiger partial charge in [0.05, 0.1) is 4.92 Å². The first kappa shape index (κ1) is 18.6. The first-order valence-corrected chi connectivity index (χ1v) is 9.09. The molecule has 142 valence electrons. The highest BCUT2D eigenvalue weighted by Gasteiger charge is 2.13. The Hall–Kier alpha value is -3.77. The number of hydrogen-bond donors (Lipinski definition) is 0. The Morgan fingerprint density at radius 1 is 0.862 bits per heavy atom. The Bertz CT molecular complexity index is 1170. The third-order valence-corrected chi connectivity index (χ3v) is 4.54. The molecule has 0 saturated carbocycles. The third-order valence-electron chi connectivity index (χ3n) is 4.27. The fourth-order valence-electron chi connectivity index (χ4n) is 2.77. The van der Waals surface area contributed by atoms with Gasteiger partial charge in [0.25, 0.3) is 11.6 Å². The van der Waals surface area contributed by atoms with Crippen LogP contribution < -0.4 is 0 Å². The van der Waals surface area contributed by atoms with Gasteiger partial charge < -0.3 is 4.42 Å². The number of non-ortho nitro benzene ring substituents is 1. The lowest BCUT2D eigenvalue weighted by atomic mass is 10.0. The van der Waals surface area contributed by atoms with Crippen LogP contribution in [0.1, 0.15) is 11.5 Å². The Balaban J connectivity index is 1.53. The number of hydrogen-bond acceptors (Lipinski definition) is 5. The molecule has 0 spiro atoms. The summed E-state index contributed by atoms with van der Waals surface area (Å²) in [6, 6.07) is 23.9. The van der Waals surface area contributed by atoms with Crippen molar-refractivity contribution in [2.75, 3.05) is 0 Å². The molecule has 1 heterocycles. The summed E-state index contributed by atoms with van der Waals surface area (Å²) in [6.45, 7) is 0. The van der Waals surface area contributed by atoms with Crippen molar-refractivity contribution < 1.29 is 9.34 Å². The minimum atomic E-state index is -0.467. The minimum Gasteiger partial charge on any atom is -0.415 e. The van der Waals surface area contributed by atoms with E-state index in [0.29, 0.717) is 10.6 Å². The first-order chi connectivity index (χ1) is 14.1. The van der Waals surface area contributed by atoms with Crippen LogP contribution in [0.25, 0.3) is 33.7 Å². The zero-order valence-corrected chi connectivity index (χ0v) is 15.8. The van der Waals surface area contributed by atoms with Crippen molar-refractivity contribution in [3.05, 3.63) is 100 Å². The highest BCUT2D eigenvalue weighted by molar-refractivity contribution is 6.50. The molecule has 0 bridgehead atoms. The summed E-state index contributed by atoms with van der Waals surface area (Å²) in [6.07, 6.45) is 1.74. The van der Waals surface area contributed by atoms with Crippen LogP contribution in [0, 0.1) is 10.1 Å². The van der Waals surface area contributed by atoms with Crippen molar-refractivity contribution in [2.45, 2.75) is 0 Å². The van der Waals surface area contributed by atoms with Gasteiger partial charge in [-0.3, -0.25) is 10.1 Å². The summed E-state index contributed by atoms with van der Waals surface area (Å²) in [7, 11) is 0. The van der Waals surface area contributed by atoms with E-state index < -0.39 is 4.92 Å². The third kappa shape index (κ3) is 4.23. The molecule has 0 saturated heterocycles.